The van der Waals surface area contributed by atoms with Crippen LogP contribution in [-0.2, 0) is 0 Å². The minimum Gasteiger partial charge on any atom is -0.497 e. The maximum absolute atomic E-state index is 6.19. The summed E-state index contributed by atoms with van der Waals surface area (Å²) in [6, 6.07) is 21.5. The Balaban J connectivity index is 1.71. The fourth-order valence-corrected chi connectivity index (χ4v) is 5.00. The molecule has 0 unspecified atom stereocenters. The average molecular weight is 541 g/mol. The second kappa shape index (κ2) is 11.1. The first-order valence-corrected chi connectivity index (χ1v) is 12.7. The van der Waals surface area contributed by atoms with Crippen molar-refractivity contribution in [2.75, 3.05) is 42.7 Å². The molecule has 0 aliphatic rings. The van der Waals surface area contributed by atoms with E-state index < -0.39 is 0 Å². The van der Waals surface area contributed by atoms with Crippen molar-refractivity contribution in [3.8, 4) is 68.1 Å². The van der Waals surface area contributed by atoms with E-state index in [0.29, 0.717) is 34.5 Å². The maximum Gasteiger partial charge on any atom is 0.138 e. The van der Waals surface area contributed by atoms with E-state index in [1.165, 1.54) is 0 Å². The summed E-state index contributed by atoms with van der Waals surface area (Å²) < 4.78 is 40.6. The summed E-state index contributed by atoms with van der Waals surface area (Å²) in [7, 11) is 9.84. The van der Waals surface area contributed by atoms with Crippen LogP contribution in [0, 0.1) is 6.92 Å². The molecule has 1 heterocycles. The lowest BCUT2D eigenvalue weighted by molar-refractivity contribution is 0.393. The number of benzene rings is 4. The second-order valence-electron chi connectivity index (χ2n) is 9.23. The summed E-state index contributed by atoms with van der Waals surface area (Å²) in [5, 5.41) is 0.969. The van der Waals surface area contributed by atoms with Gasteiger partial charge < -0.3 is 32.8 Å². The van der Waals surface area contributed by atoms with E-state index in [9.17, 15) is 0 Å². The van der Waals surface area contributed by atoms with Crippen LogP contribution in [0.15, 0.2) is 71.1 Å². The molecule has 0 saturated carbocycles. The predicted octanol–water partition coefficient (Wildman–Crippen LogP) is 7.79. The van der Waals surface area contributed by atoms with Crippen LogP contribution in [0.4, 0.5) is 0 Å². The molecule has 40 heavy (non-hydrogen) atoms. The van der Waals surface area contributed by atoms with Crippen LogP contribution >= 0.6 is 0 Å². The maximum atomic E-state index is 6.19. The molecule has 7 nitrogen and oxygen atoms in total. The third-order valence-corrected chi connectivity index (χ3v) is 6.92. The topological polar surface area (TPSA) is 68.5 Å². The van der Waals surface area contributed by atoms with Crippen LogP contribution < -0.4 is 28.4 Å². The quantitative estimate of drug-likeness (QED) is 0.189. The van der Waals surface area contributed by atoms with Crippen molar-refractivity contribution < 1.29 is 32.8 Å². The Bertz CT molecular complexity index is 1660. The fraction of sp³-hybridized carbons (Fsp3) is 0.212. The molecule has 5 rings (SSSR count). The Labute approximate surface area is 233 Å². The van der Waals surface area contributed by atoms with Crippen molar-refractivity contribution in [2.45, 2.75) is 6.92 Å². The van der Waals surface area contributed by atoms with E-state index in [2.05, 4.69) is 12.1 Å². The third-order valence-electron chi connectivity index (χ3n) is 6.92. The van der Waals surface area contributed by atoms with Crippen molar-refractivity contribution in [1.82, 2.24) is 0 Å². The molecule has 0 atom stereocenters. The van der Waals surface area contributed by atoms with Gasteiger partial charge >= 0.3 is 0 Å². The number of hydrogen-bond donors (Lipinski definition) is 0. The summed E-state index contributed by atoms with van der Waals surface area (Å²) in [6.45, 7) is 2.04. The normalized spacial score (nSPS) is 10.9. The van der Waals surface area contributed by atoms with E-state index in [0.717, 1.165) is 50.1 Å². The van der Waals surface area contributed by atoms with Gasteiger partial charge in [0.1, 0.15) is 45.8 Å². The van der Waals surface area contributed by atoms with Gasteiger partial charge in [-0.25, -0.2) is 0 Å². The third kappa shape index (κ3) is 4.75. The molecular formula is C33H32O7. The van der Waals surface area contributed by atoms with Gasteiger partial charge in [0.05, 0.1) is 48.2 Å². The monoisotopic (exact) mass is 540 g/mol. The van der Waals surface area contributed by atoms with Gasteiger partial charge in [0.15, 0.2) is 0 Å². The van der Waals surface area contributed by atoms with Gasteiger partial charge in [-0.15, -0.1) is 0 Å². The highest BCUT2D eigenvalue weighted by Gasteiger charge is 2.24. The number of aryl methyl sites for hydroxylation is 1. The number of fused-ring (bicyclic) bond motifs is 1. The molecule has 5 aromatic rings. The molecule has 0 fully saturated rings. The summed E-state index contributed by atoms with van der Waals surface area (Å²) in [6.07, 6.45) is 0. The molecular weight excluding hydrogens is 508 g/mol. The number of rotatable bonds is 9. The Morgan fingerprint density at radius 1 is 0.525 bits per heavy atom. The highest BCUT2D eigenvalue weighted by Crippen LogP contribution is 2.50. The summed E-state index contributed by atoms with van der Waals surface area (Å²) in [5.41, 5.74) is 5.91. The van der Waals surface area contributed by atoms with Crippen molar-refractivity contribution >= 4 is 11.0 Å². The summed E-state index contributed by atoms with van der Waals surface area (Å²) >= 11 is 0. The summed E-state index contributed by atoms with van der Waals surface area (Å²) in [5.74, 6) is 4.68. The molecule has 0 N–H and O–H groups in total. The number of furan rings is 1. The zero-order chi connectivity index (χ0) is 28.4. The molecule has 7 heteroatoms. The first-order chi connectivity index (χ1) is 19.4. The lowest BCUT2D eigenvalue weighted by atomic mass is 9.92. The zero-order valence-electron chi connectivity index (χ0n) is 23.7. The van der Waals surface area contributed by atoms with Gasteiger partial charge in [-0.1, -0.05) is 0 Å². The van der Waals surface area contributed by atoms with Crippen LogP contribution in [-0.4, -0.2) is 42.7 Å². The molecule has 206 valence electrons. The van der Waals surface area contributed by atoms with Gasteiger partial charge in [-0.05, 0) is 67.1 Å². The van der Waals surface area contributed by atoms with Crippen molar-refractivity contribution in [3.63, 3.8) is 0 Å². The first kappa shape index (κ1) is 26.8. The van der Waals surface area contributed by atoms with Crippen LogP contribution in [0.25, 0.3) is 44.5 Å². The van der Waals surface area contributed by atoms with Crippen molar-refractivity contribution in [2.24, 2.45) is 0 Å². The van der Waals surface area contributed by atoms with E-state index in [4.69, 9.17) is 32.8 Å². The molecule has 1 aromatic heterocycles. The molecule has 0 saturated heterocycles. The largest absolute Gasteiger partial charge is 0.497 e. The van der Waals surface area contributed by atoms with Crippen LogP contribution in [0.2, 0.25) is 0 Å². The number of ether oxygens (including phenoxy) is 6. The standard InChI is InChI=1S/C33H32O7/c1-19-12-25(24-11-10-23(35-3)18-29(24)36-4)33(39-7)26(13-19)32-30(37-5)15-21(16-31(32)38-6)27-14-20-8-9-22(34-2)17-28(20)40-27/h8-18H,1-7H3. The second-order valence-corrected chi connectivity index (χ2v) is 9.23. The van der Waals surface area contributed by atoms with Gasteiger partial charge in [0.2, 0.25) is 0 Å². The van der Waals surface area contributed by atoms with Crippen LogP contribution in [0.5, 0.6) is 34.5 Å². The molecule has 0 amide bonds. The molecule has 0 spiro atoms. The van der Waals surface area contributed by atoms with Gasteiger partial charge in [-0.3, -0.25) is 0 Å². The van der Waals surface area contributed by atoms with Crippen LogP contribution in [0.3, 0.4) is 0 Å². The minimum atomic E-state index is 0.615. The fourth-order valence-electron chi connectivity index (χ4n) is 5.00. The predicted molar refractivity (Wildman–Crippen MR) is 157 cm³/mol. The molecule has 0 aliphatic carbocycles. The number of hydrogen-bond acceptors (Lipinski definition) is 7. The Hall–Kier alpha value is -4.78. The van der Waals surface area contributed by atoms with Gasteiger partial charge in [0, 0.05) is 39.8 Å². The minimum absolute atomic E-state index is 0.615. The Morgan fingerprint density at radius 2 is 1.15 bits per heavy atom. The molecule has 0 bridgehead atoms. The van der Waals surface area contributed by atoms with E-state index in [1.807, 2.05) is 61.5 Å². The highest BCUT2D eigenvalue weighted by molar-refractivity contribution is 5.92. The first-order valence-electron chi connectivity index (χ1n) is 12.7. The van der Waals surface area contributed by atoms with Crippen LogP contribution in [0.1, 0.15) is 5.56 Å². The molecule has 0 aliphatic heterocycles. The van der Waals surface area contributed by atoms with E-state index >= 15 is 0 Å². The highest BCUT2D eigenvalue weighted by atomic mass is 16.5. The van der Waals surface area contributed by atoms with E-state index in [1.54, 1.807) is 42.7 Å². The van der Waals surface area contributed by atoms with Crippen molar-refractivity contribution in [3.05, 3.63) is 72.3 Å². The lowest BCUT2D eigenvalue weighted by Gasteiger charge is -2.21. The Kier molecular flexibility index (Phi) is 7.47. The Morgan fingerprint density at radius 3 is 1.77 bits per heavy atom. The average Bonchev–Trinajstić information content (AvgIpc) is 3.43. The van der Waals surface area contributed by atoms with Gasteiger partial charge in [0.25, 0.3) is 0 Å². The van der Waals surface area contributed by atoms with Crippen molar-refractivity contribution in [1.29, 1.82) is 0 Å². The summed E-state index contributed by atoms with van der Waals surface area (Å²) in [4.78, 5) is 0. The van der Waals surface area contributed by atoms with Gasteiger partial charge in [-0.2, -0.15) is 0 Å². The smallest absolute Gasteiger partial charge is 0.138 e. The number of methoxy groups -OCH3 is 6. The lowest BCUT2D eigenvalue weighted by Crippen LogP contribution is -1.99. The zero-order valence-corrected chi connectivity index (χ0v) is 23.7. The SMILES string of the molecule is COc1ccc(-c2cc(C)cc(-c3c(OC)cc(-c4cc5ccc(OC)cc5o4)cc3OC)c2OC)c(OC)c1. The van der Waals surface area contributed by atoms with E-state index in [-0.39, 0.29) is 0 Å². The molecule has 4 aromatic carbocycles. The molecule has 0 radical (unpaired) electrons.